The highest BCUT2D eigenvalue weighted by Crippen LogP contribution is 2.27. The van der Waals surface area contributed by atoms with Crippen LogP contribution in [0.15, 0.2) is 36.7 Å². The molecule has 1 atom stereocenters. The number of aliphatic hydroxyl groups excluding tert-OH is 1. The van der Waals surface area contributed by atoms with E-state index in [1.807, 2.05) is 31.2 Å². The number of benzene rings is 1. The predicted octanol–water partition coefficient (Wildman–Crippen LogP) is 3.69. The van der Waals surface area contributed by atoms with Crippen molar-refractivity contribution in [1.82, 2.24) is 4.98 Å². The van der Waals surface area contributed by atoms with Gasteiger partial charge in [-0.05, 0) is 47.7 Å². The van der Waals surface area contributed by atoms with Gasteiger partial charge in [0.05, 0.1) is 0 Å². The van der Waals surface area contributed by atoms with E-state index in [0.29, 0.717) is 5.02 Å². The number of nitrogens with zero attached hydrogens (tertiary/aromatic N) is 1. The third-order valence-electron chi connectivity index (χ3n) is 3.13. The van der Waals surface area contributed by atoms with E-state index in [4.69, 9.17) is 11.6 Å². The zero-order valence-electron chi connectivity index (χ0n) is 10.5. The molecule has 0 fully saturated rings. The van der Waals surface area contributed by atoms with Crippen molar-refractivity contribution in [2.24, 2.45) is 0 Å². The van der Waals surface area contributed by atoms with Gasteiger partial charge in [0, 0.05) is 17.4 Å². The third kappa shape index (κ3) is 2.55. The van der Waals surface area contributed by atoms with Gasteiger partial charge < -0.3 is 5.11 Å². The molecule has 1 heterocycles. The van der Waals surface area contributed by atoms with Crippen LogP contribution in [-0.2, 0) is 6.42 Å². The van der Waals surface area contributed by atoms with Crippen LogP contribution in [0.25, 0.3) is 0 Å². The second-order valence-electron chi connectivity index (χ2n) is 4.34. The van der Waals surface area contributed by atoms with E-state index in [0.717, 1.165) is 28.7 Å². The van der Waals surface area contributed by atoms with Crippen molar-refractivity contribution >= 4 is 11.6 Å². The minimum absolute atomic E-state index is 0.652. The lowest BCUT2D eigenvalue weighted by atomic mass is 9.97. The molecule has 0 bridgehead atoms. The highest BCUT2D eigenvalue weighted by Gasteiger charge is 2.14. The van der Waals surface area contributed by atoms with Crippen LogP contribution in [0.5, 0.6) is 0 Å². The Bertz CT molecular complexity index is 554. The summed E-state index contributed by atoms with van der Waals surface area (Å²) in [4.78, 5) is 4.09. The van der Waals surface area contributed by atoms with Crippen LogP contribution in [-0.4, -0.2) is 10.1 Å². The van der Waals surface area contributed by atoms with Gasteiger partial charge in [0.15, 0.2) is 0 Å². The van der Waals surface area contributed by atoms with Crippen molar-refractivity contribution < 1.29 is 5.11 Å². The summed E-state index contributed by atoms with van der Waals surface area (Å²) in [5, 5.41) is 11.1. The summed E-state index contributed by atoms with van der Waals surface area (Å²) in [5.74, 6) is 0. The molecule has 94 valence electrons. The fraction of sp³-hybridized carbons (Fsp3) is 0.267. The van der Waals surface area contributed by atoms with Crippen molar-refractivity contribution in [2.75, 3.05) is 0 Å². The molecule has 0 aliphatic rings. The molecule has 1 aromatic heterocycles. The van der Waals surface area contributed by atoms with E-state index in [-0.39, 0.29) is 0 Å². The Morgan fingerprint density at radius 1 is 1.33 bits per heavy atom. The van der Waals surface area contributed by atoms with Crippen molar-refractivity contribution in [3.63, 3.8) is 0 Å². The molecule has 0 aliphatic carbocycles. The van der Waals surface area contributed by atoms with Gasteiger partial charge in [-0.25, -0.2) is 0 Å². The fourth-order valence-corrected chi connectivity index (χ4v) is 2.15. The lowest BCUT2D eigenvalue weighted by Crippen LogP contribution is -2.04. The molecule has 1 unspecified atom stereocenters. The van der Waals surface area contributed by atoms with Gasteiger partial charge in [0.25, 0.3) is 0 Å². The summed E-state index contributed by atoms with van der Waals surface area (Å²) in [6.07, 6.45) is 3.70. The quantitative estimate of drug-likeness (QED) is 0.914. The molecule has 2 nitrogen and oxygen atoms in total. The Morgan fingerprint density at radius 3 is 2.78 bits per heavy atom. The van der Waals surface area contributed by atoms with E-state index in [1.54, 1.807) is 12.4 Å². The lowest BCUT2D eigenvalue weighted by molar-refractivity contribution is 0.219. The van der Waals surface area contributed by atoms with Gasteiger partial charge in [-0.15, -0.1) is 0 Å². The molecular formula is C15H16ClNO. The first-order valence-electron chi connectivity index (χ1n) is 6.00. The maximum Gasteiger partial charge on any atom is 0.104 e. The molecular weight excluding hydrogens is 246 g/mol. The molecule has 0 amide bonds. The van der Waals surface area contributed by atoms with E-state index in [1.165, 1.54) is 0 Å². The number of hydrogen-bond donors (Lipinski definition) is 1. The maximum absolute atomic E-state index is 10.4. The van der Waals surface area contributed by atoms with Gasteiger partial charge in [-0.1, -0.05) is 30.7 Å². The summed E-state index contributed by atoms with van der Waals surface area (Å²) < 4.78 is 0. The van der Waals surface area contributed by atoms with Gasteiger partial charge >= 0.3 is 0 Å². The summed E-state index contributed by atoms with van der Waals surface area (Å²) in [6.45, 7) is 4.00. The van der Waals surface area contributed by atoms with Crippen LogP contribution in [0.3, 0.4) is 0 Å². The van der Waals surface area contributed by atoms with Gasteiger partial charge in [0.1, 0.15) is 6.10 Å². The summed E-state index contributed by atoms with van der Waals surface area (Å²) in [6, 6.07) is 7.51. The van der Waals surface area contributed by atoms with E-state index >= 15 is 0 Å². The third-order valence-corrected chi connectivity index (χ3v) is 3.54. The van der Waals surface area contributed by atoms with E-state index in [2.05, 4.69) is 11.9 Å². The first kappa shape index (κ1) is 13.1. The molecule has 0 saturated carbocycles. The van der Waals surface area contributed by atoms with Crippen LogP contribution in [0.1, 0.15) is 35.3 Å². The first-order valence-corrected chi connectivity index (χ1v) is 6.38. The Balaban J connectivity index is 2.41. The van der Waals surface area contributed by atoms with Crippen LogP contribution in [0.4, 0.5) is 0 Å². The molecule has 0 aliphatic heterocycles. The molecule has 1 aromatic carbocycles. The maximum atomic E-state index is 10.4. The standard InChI is InChI=1S/C15H16ClNO/c1-3-11-9-17-7-6-13(11)15(18)12-5-4-10(2)14(16)8-12/h4-9,15,18H,3H2,1-2H3. The lowest BCUT2D eigenvalue weighted by Gasteiger charge is -2.15. The second kappa shape index (κ2) is 5.51. The van der Waals surface area contributed by atoms with Crippen molar-refractivity contribution in [1.29, 1.82) is 0 Å². The summed E-state index contributed by atoms with van der Waals surface area (Å²) in [5.41, 5.74) is 3.78. The zero-order chi connectivity index (χ0) is 13.1. The van der Waals surface area contributed by atoms with Crippen LogP contribution < -0.4 is 0 Å². The smallest absolute Gasteiger partial charge is 0.104 e. The topological polar surface area (TPSA) is 33.1 Å². The van der Waals surface area contributed by atoms with Gasteiger partial charge in [-0.2, -0.15) is 0 Å². The van der Waals surface area contributed by atoms with Crippen LogP contribution >= 0.6 is 11.6 Å². The van der Waals surface area contributed by atoms with Crippen molar-refractivity contribution in [3.8, 4) is 0 Å². The normalized spacial score (nSPS) is 12.4. The number of aromatic nitrogens is 1. The van der Waals surface area contributed by atoms with E-state index < -0.39 is 6.10 Å². The SMILES string of the molecule is CCc1cnccc1C(O)c1ccc(C)c(Cl)c1. The Kier molecular flexibility index (Phi) is 4.00. The minimum Gasteiger partial charge on any atom is -0.384 e. The molecule has 0 spiro atoms. The number of hydrogen-bond acceptors (Lipinski definition) is 2. The molecule has 2 rings (SSSR count). The monoisotopic (exact) mass is 261 g/mol. The predicted molar refractivity (Wildman–Crippen MR) is 73.9 cm³/mol. The van der Waals surface area contributed by atoms with E-state index in [9.17, 15) is 5.11 Å². The second-order valence-corrected chi connectivity index (χ2v) is 4.75. The molecule has 0 saturated heterocycles. The number of aliphatic hydroxyl groups is 1. The van der Waals surface area contributed by atoms with Gasteiger partial charge in [0.2, 0.25) is 0 Å². The molecule has 1 N–H and O–H groups in total. The molecule has 0 radical (unpaired) electrons. The highest BCUT2D eigenvalue weighted by atomic mass is 35.5. The van der Waals surface area contributed by atoms with Crippen molar-refractivity contribution in [2.45, 2.75) is 26.4 Å². The van der Waals surface area contributed by atoms with Gasteiger partial charge in [-0.3, -0.25) is 4.98 Å². The largest absolute Gasteiger partial charge is 0.384 e. The van der Waals surface area contributed by atoms with Crippen molar-refractivity contribution in [3.05, 3.63) is 63.9 Å². The summed E-state index contributed by atoms with van der Waals surface area (Å²) in [7, 11) is 0. The number of halogens is 1. The highest BCUT2D eigenvalue weighted by molar-refractivity contribution is 6.31. The molecule has 3 heteroatoms. The Labute approximate surface area is 112 Å². The van der Waals surface area contributed by atoms with Crippen LogP contribution in [0.2, 0.25) is 5.02 Å². The molecule has 2 aromatic rings. The summed E-state index contributed by atoms with van der Waals surface area (Å²) >= 11 is 6.10. The molecule has 18 heavy (non-hydrogen) atoms. The minimum atomic E-state index is -0.652. The Hall–Kier alpha value is -1.38. The fourth-order valence-electron chi connectivity index (χ4n) is 1.96. The zero-order valence-corrected chi connectivity index (χ0v) is 11.3. The van der Waals surface area contributed by atoms with Crippen LogP contribution in [0, 0.1) is 6.92 Å². The average Bonchev–Trinajstić information content (AvgIpc) is 2.41. The number of aryl methyl sites for hydroxylation is 2. The Morgan fingerprint density at radius 2 is 2.11 bits per heavy atom. The number of pyridine rings is 1. The average molecular weight is 262 g/mol. The first-order chi connectivity index (χ1) is 8.63. The number of rotatable bonds is 3.